The highest BCUT2D eigenvalue weighted by atomic mass is 16.3. The van der Waals surface area contributed by atoms with Crippen molar-refractivity contribution in [1.29, 1.82) is 0 Å². The molecule has 0 saturated carbocycles. The van der Waals surface area contributed by atoms with Gasteiger partial charge in [0.2, 0.25) is 5.78 Å². The van der Waals surface area contributed by atoms with Gasteiger partial charge in [0.05, 0.1) is 17.1 Å². The predicted octanol–water partition coefficient (Wildman–Crippen LogP) is 1.77. The van der Waals surface area contributed by atoms with Crippen molar-refractivity contribution in [2.75, 3.05) is 14.1 Å². The normalized spacial score (nSPS) is 28.8. The van der Waals surface area contributed by atoms with Gasteiger partial charge in [-0.15, -0.1) is 0 Å². The van der Waals surface area contributed by atoms with E-state index in [2.05, 4.69) is 4.98 Å². The van der Waals surface area contributed by atoms with E-state index in [4.69, 9.17) is 0 Å². The quantitative estimate of drug-likeness (QED) is 0.488. The van der Waals surface area contributed by atoms with E-state index in [1.165, 1.54) is 0 Å². The molecule has 9 nitrogen and oxygen atoms in total. The zero-order valence-electron chi connectivity index (χ0n) is 18.9. The molecule has 34 heavy (non-hydrogen) atoms. The maximum absolute atomic E-state index is 13.6. The van der Waals surface area contributed by atoms with E-state index in [1.54, 1.807) is 43.4 Å². The second-order valence-corrected chi connectivity index (χ2v) is 9.48. The SMILES string of the molecule is CC(=O)C1=C(O)[C@@H](N(C)C)[C@@H]2C[C@@H]3Cc4cc5ncccc5c(O)c4C(=O)C3=C(O)[C@]2(O)C1=O. The number of nitrogens with zero attached hydrogens (tertiary/aromatic N) is 2. The number of allylic oxidation sites excluding steroid dienone is 1. The highest BCUT2D eigenvalue weighted by Gasteiger charge is 2.63. The number of pyridine rings is 1. The Balaban J connectivity index is 1.75. The summed E-state index contributed by atoms with van der Waals surface area (Å²) in [6.07, 6.45) is 1.92. The number of aromatic hydroxyl groups is 1. The lowest BCUT2D eigenvalue weighted by atomic mass is 9.58. The number of benzene rings is 1. The Hall–Kier alpha value is -3.56. The summed E-state index contributed by atoms with van der Waals surface area (Å²) in [6, 6.07) is 4.03. The van der Waals surface area contributed by atoms with Crippen molar-refractivity contribution in [3.63, 3.8) is 0 Å². The Morgan fingerprint density at radius 2 is 1.91 bits per heavy atom. The Bertz CT molecular complexity index is 1370. The van der Waals surface area contributed by atoms with Crippen molar-refractivity contribution in [3.8, 4) is 5.75 Å². The fourth-order valence-corrected chi connectivity index (χ4v) is 5.94. The van der Waals surface area contributed by atoms with Crippen LogP contribution in [-0.4, -0.2) is 73.4 Å². The number of phenols is 1. The Labute approximate surface area is 194 Å². The molecule has 0 amide bonds. The fourth-order valence-electron chi connectivity index (χ4n) is 5.94. The monoisotopic (exact) mass is 464 g/mol. The minimum atomic E-state index is -2.56. The van der Waals surface area contributed by atoms with Crippen LogP contribution in [0.15, 0.2) is 47.1 Å². The second kappa shape index (κ2) is 7.22. The van der Waals surface area contributed by atoms with Crippen LogP contribution in [0.1, 0.15) is 29.3 Å². The third-order valence-electron chi connectivity index (χ3n) is 7.40. The number of aliphatic hydroxyl groups is 3. The van der Waals surface area contributed by atoms with Gasteiger partial charge in [0, 0.05) is 23.1 Å². The molecule has 0 radical (unpaired) electrons. The van der Waals surface area contributed by atoms with Crippen molar-refractivity contribution in [2.24, 2.45) is 11.8 Å². The van der Waals surface area contributed by atoms with Crippen LogP contribution >= 0.6 is 0 Å². The van der Waals surface area contributed by atoms with Gasteiger partial charge in [0.15, 0.2) is 17.2 Å². The summed E-state index contributed by atoms with van der Waals surface area (Å²) in [7, 11) is 3.25. The first-order valence-corrected chi connectivity index (χ1v) is 11.0. The molecule has 0 saturated heterocycles. The Morgan fingerprint density at radius 1 is 1.21 bits per heavy atom. The van der Waals surface area contributed by atoms with Gasteiger partial charge >= 0.3 is 0 Å². The van der Waals surface area contributed by atoms with Gasteiger partial charge in [-0.3, -0.25) is 24.3 Å². The third kappa shape index (κ3) is 2.68. The zero-order chi connectivity index (χ0) is 24.7. The van der Waals surface area contributed by atoms with Crippen LogP contribution in [-0.2, 0) is 16.0 Å². The largest absolute Gasteiger partial charge is 0.510 e. The van der Waals surface area contributed by atoms with Gasteiger partial charge in [-0.1, -0.05) is 0 Å². The molecule has 4 atom stereocenters. The topological polar surface area (TPSA) is 148 Å². The molecule has 1 aromatic heterocycles. The molecular weight excluding hydrogens is 440 g/mol. The summed E-state index contributed by atoms with van der Waals surface area (Å²) in [4.78, 5) is 44.9. The lowest BCUT2D eigenvalue weighted by Crippen LogP contribution is -2.63. The number of phenolic OH excluding ortho intramolecular Hbond substituents is 1. The van der Waals surface area contributed by atoms with Crippen LogP contribution in [0.3, 0.4) is 0 Å². The number of carbonyl (C=O) groups is 3. The molecule has 0 fully saturated rings. The van der Waals surface area contributed by atoms with Crippen LogP contribution in [0.25, 0.3) is 10.9 Å². The molecule has 1 aromatic carbocycles. The van der Waals surface area contributed by atoms with Crippen LogP contribution in [0, 0.1) is 11.8 Å². The number of fused-ring (bicyclic) bond motifs is 4. The molecule has 0 aliphatic heterocycles. The number of likely N-dealkylation sites (N-methyl/N-ethyl adjacent to an activating group) is 1. The van der Waals surface area contributed by atoms with E-state index in [0.29, 0.717) is 16.5 Å². The second-order valence-electron chi connectivity index (χ2n) is 9.48. The molecule has 9 heteroatoms. The molecule has 4 N–H and O–H groups in total. The van der Waals surface area contributed by atoms with Crippen LogP contribution < -0.4 is 0 Å². The molecule has 2 aromatic rings. The van der Waals surface area contributed by atoms with E-state index in [1.807, 2.05) is 0 Å². The van der Waals surface area contributed by atoms with E-state index >= 15 is 0 Å². The first-order chi connectivity index (χ1) is 16.0. The maximum Gasteiger partial charge on any atom is 0.209 e. The highest BCUT2D eigenvalue weighted by Crippen LogP contribution is 2.52. The Morgan fingerprint density at radius 3 is 2.56 bits per heavy atom. The first-order valence-electron chi connectivity index (χ1n) is 11.0. The van der Waals surface area contributed by atoms with Crippen LogP contribution in [0.2, 0.25) is 0 Å². The van der Waals surface area contributed by atoms with E-state index in [9.17, 15) is 34.8 Å². The molecule has 176 valence electrons. The minimum Gasteiger partial charge on any atom is -0.510 e. The van der Waals surface area contributed by atoms with Gasteiger partial charge < -0.3 is 20.4 Å². The summed E-state index contributed by atoms with van der Waals surface area (Å²) in [5.41, 5.74) is -2.24. The van der Waals surface area contributed by atoms with Crippen molar-refractivity contribution >= 4 is 28.3 Å². The zero-order valence-corrected chi connectivity index (χ0v) is 18.9. The molecule has 0 bridgehead atoms. The van der Waals surface area contributed by atoms with Crippen molar-refractivity contribution < 1.29 is 34.8 Å². The summed E-state index contributed by atoms with van der Waals surface area (Å²) in [6.45, 7) is 1.09. The summed E-state index contributed by atoms with van der Waals surface area (Å²) in [5, 5.41) is 45.0. The number of carbonyl (C=O) groups excluding carboxylic acids is 3. The maximum atomic E-state index is 13.6. The van der Waals surface area contributed by atoms with Gasteiger partial charge in [-0.2, -0.15) is 0 Å². The molecule has 1 heterocycles. The smallest absolute Gasteiger partial charge is 0.209 e. The average molecular weight is 464 g/mol. The molecule has 0 unspecified atom stereocenters. The number of rotatable bonds is 2. The third-order valence-corrected chi connectivity index (χ3v) is 7.40. The van der Waals surface area contributed by atoms with Crippen molar-refractivity contribution in [3.05, 3.63) is 58.2 Å². The number of ketones is 3. The molecule has 3 aliphatic rings. The standard InChI is InChI=1S/C25H24N2O7/c1-10(28)16-22(31)19(27(2)3)14-8-11-7-12-9-15-13(5-4-6-26-15)20(29)17(12)21(30)18(11)24(33)25(14,34)23(16)32/h4-6,9,11,14,19,29,31,33-34H,7-8H2,1-3H3/t11-,14-,19-,25+/m0/s1. The van der Waals surface area contributed by atoms with Gasteiger partial charge in [0.1, 0.15) is 22.8 Å². The molecular formula is C25H24N2O7. The molecule has 5 rings (SSSR count). The number of aromatic nitrogens is 1. The number of hydrogen-bond donors (Lipinski definition) is 4. The van der Waals surface area contributed by atoms with Gasteiger partial charge in [-0.05, 0) is 63.5 Å². The summed E-state index contributed by atoms with van der Waals surface area (Å²) in [5.74, 6) is -5.70. The minimum absolute atomic E-state index is 0.00190. The van der Waals surface area contributed by atoms with Crippen LogP contribution in [0.5, 0.6) is 5.75 Å². The summed E-state index contributed by atoms with van der Waals surface area (Å²) < 4.78 is 0. The Kier molecular flexibility index (Phi) is 4.72. The first kappa shape index (κ1) is 22.2. The summed E-state index contributed by atoms with van der Waals surface area (Å²) >= 11 is 0. The molecule has 3 aliphatic carbocycles. The van der Waals surface area contributed by atoms with E-state index in [-0.39, 0.29) is 29.7 Å². The fraction of sp³-hybridized carbons (Fsp3) is 0.360. The van der Waals surface area contributed by atoms with E-state index in [0.717, 1.165) is 6.92 Å². The van der Waals surface area contributed by atoms with Crippen molar-refractivity contribution in [1.82, 2.24) is 9.88 Å². The van der Waals surface area contributed by atoms with E-state index < -0.39 is 57.9 Å². The lowest BCUT2D eigenvalue weighted by Gasteiger charge is -2.50. The lowest BCUT2D eigenvalue weighted by molar-refractivity contribution is -0.148. The predicted molar refractivity (Wildman–Crippen MR) is 120 cm³/mol. The van der Waals surface area contributed by atoms with Gasteiger partial charge in [0.25, 0.3) is 0 Å². The molecule has 0 spiro atoms. The highest BCUT2D eigenvalue weighted by molar-refractivity contribution is 6.25. The van der Waals surface area contributed by atoms with Gasteiger partial charge in [-0.25, -0.2) is 0 Å². The number of aliphatic hydroxyl groups excluding tert-OH is 2. The van der Waals surface area contributed by atoms with Crippen LogP contribution in [0.4, 0.5) is 0 Å². The number of Topliss-reactive ketones (excluding diaryl/α,β-unsaturated/α-hetero) is 3. The van der Waals surface area contributed by atoms with Crippen molar-refractivity contribution in [2.45, 2.75) is 31.4 Å². The number of hydrogen-bond acceptors (Lipinski definition) is 9. The average Bonchev–Trinajstić information content (AvgIpc) is 2.76.